The predicted octanol–water partition coefficient (Wildman–Crippen LogP) is 1.88. The minimum Gasteiger partial charge on any atom is -0.358 e. The molecule has 0 aliphatic heterocycles. The molecular weight excluding hydrogens is 356 g/mol. The number of nitro groups is 1. The lowest BCUT2D eigenvalue weighted by Gasteiger charge is -2.15. The Labute approximate surface area is 134 Å². The molecular formula is C12H15BrN6O3. The molecule has 0 unspecified atom stereocenters. The van der Waals surface area contributed by atoms with E-state index in [1.807, 2.05) is 18.5 Å². The lowest BCUT2D eigenvalue weighted by molar-refractivity contribution is -0.390. The maximum Gasteiger partial charge on any atom is 0.357 e. The topological polar surface area (TPSA) is 110 Å². The number of halogens is 1. The van der Waals surface area contributed by atoms with Gasteiger partial charge in [0.05, 0.1) is 6.20 Å². The smallest absolute Gasteiger partial charge is 0.357 e. The molecule has 2 aromatic rings. The monoisotopic (exact) mass is 370 g/mol. The number of aryl methyl sites for hydroxylation is 1. The Morgan fingerprint density at radius 1 is 1.59 bits per heavy atom. The van der Waals surface area contributed by atoms with Crippen molar-refractivity contribution in [2.45, 2.75) is 26.9 Å². The summed E-state index contributed by atoms with van der Waals surface area (Å²) in [5.74, 6) is -0.758. The van der Waals surface area contributed by atoms with Gasteiger partial charge in [0.2, 0.25) is 0 Å². The van der Waals surface area contributed by atoms with Gasteiger partial charge >= 0.3 is 5.82 Å². The fourth-order valence-electron chi connectivity index (χ4n) is 2.05. The summed E-state index contributed by atoms with van der Waals surface area (Å²) in [7, 11) is 1.61. The lowest BCUT2D eigenvalue weighted by atomic mass is 10.2. The van der Waals surface area contributed by atoms with Crippen molar-refractivity contribution in [2.24, 2.45) is 0 Å². The number of aromatic nitrogens is 4. The molecule has 0 fully saturated rings. The van der Waals surface area contributed by atoms with Gasteiger partial charge in [-0.15, -0.1) is 5.10 Å². The van der Waals surface area contributed by atoms with E-state index in [1.54, 1.807) is 13.2 Å². The van der Waals surface area contributed by atoms with E-state index in [2.05, 4.69) is 31.2 Å². The van der Waals surface area contributed by atoms with E-state index in [1.165, 1.54) is 4.90 Å². The minimum absolute atomic E-state index is 0.0188. The molecule has 0 radical (unpaired) electrons. The Hall–Kier alpha value is -2.23. The molecule has 2 rings (SSSR count). The van der Waals surface area contributed by atoms with E-state index in [9.17, 15) is 14.9 Å². The quantitative estimate of drug-likeness (QED) is 0.637. The molecule has 2 aromatic heterocycles. The number of carbonyl (C=O) groups is 1. The summed E-state index contributed by atoms with van der Waals surface area (Å²) in [6.45, 7) is 5.01. The zero-order valence-corrected chi connectivity index (χ0v) is 13.9. The van der Waals surface area contributed by atoms with Crippen LogP contribution in [-0.2, 0) is 13.1 Å². The van der Waals surface area contributed by atoms with Crippen LogP contribution in [0.5, 0.6) is 0 Å². The molecule has 10 heteroatoms. The number of amides is 1. The van der Waals surface area contributed by atoms with Gasteiger partial charge in [0.15, 0.2) is 5.69 Å². The predicted molar refractivity (Wildman–Crippen MR) is 81.4 cm³/mol. The third kappa shape index (κ3) is 2.86. The number of aromatic amines is 1. The van der Waals surface area contributed by atoms with E-state index >= 15 is 0 Å². The summed E-state index contributed by atoms with van der Waals surface area (Å²) in [4.78, 5) is 23.9. The van der Waals surface area contributed by atoms with Gasteiger partial charge in [0, 0.05) is 31.4 Å². The number of carbonyl (C=O) groups excluding carboxylic acids is 1. The molecule has 0 spiro atoms. The van der Waals surface area contributed by atoms with Gasteiger partial charge in [-0.2, -0.15) is 5.10 Å². The Kier molecular flexibility index (Phi) is 4.59. The molecule has 0 bridgehead atoms. The van der Waals surface area contributed by atoms with Crippen LogP contribution in [0.3, 0.4) is 0 Å². The highest BCUT2D eigenvalue weighted by atomic mass is 79.9. The Bertz CT molecular complexity index is 723. The first kappa shape index (κ1) is 16.1. The highest BCUT2D eigenvalue weighted by molar-refractivity contribution is 9.10. The molecule has 0 aliphatic carbocycles. The second-order valence-corrected chi connectivity index (χ2v) is 5.52. The van der Waals surface area contributed by atoms with Gasteiger partial charge in [0.1, 0.15) is 4.47 Å². The fourth-order valence-corrected chi connectivity index (χ4v) is 2.54. The third-order valence-electron chi connectivity index (χ3n) is 3.33. The average molecular weight is 371 g/mol. The van der Waals surface area contributed by atoms with Gasteiger partial charge in [-0.3, -0.25) is 9.48 Å². The van der Waals surface area contributed by atoms with Crippen molar-refractivity contribution < 1.29 is 9.72 Å². The molecule has 0 saturated carbocycles. The van der Waals surface area contributed by atoms with E-state index in [4.69, 9.17) is 0 Å². The van der Waals surface area contributed by atoms with Gasteiger partial charge in [-0.25, -0.2) is 0 Å². The summed E-state index contributed by atoms with van der Waals surface area (Å²) in [5.41, 5.74) is 1.88. The zero-order chi connectivity index (χ0) is 16.4. The normalized spacial score (nSPS) is 10.7. The summed E-state index contributed by atoms with van der Waals surface area (Å²) in [6, 6.07) is 0. The molecule has 0 aromatic carbocycles. The largest absolute Gasteiger partial charge is 0.358 e. The molecule has 0 atom stereocenters. The first-order chi connectivity index (χ1) is 10.4. The van der Waals surface area contributed by atoms with Crippen molar-refractivity contribution in [3.8, 4) is 0 Å². The number of rotatable bonds is 5. The summed E-state index contributed by atoms with van der Waals surface area (Å²) in [5, 5.41) is 20.9. The van der Waals surface area contributed by atoms with E-state index < -0.39 is 10.8 Å². The second-order valence-electron chi connectivity index (χ2n) is 4.72. The summed E-state index contributed by atoms with van der Waals surface area (Å²) < 4.78 is 1.89. The number of H-pyrrole nitrogens is 1. The number of hydrogen-bond donors (Lipinski definition) is 1. The average Bonchev–Trinajstić information content (AvgIpc) is 3.02. The van der Waals surface area contributed by atoms with Crippen molar-refractivity contribution in [1.82, 2.24) is 24.9 Å². The van der Waals surface area contributed by atoms with Crippen LogP contribution >= 0.6 is 15.9 Å². The molecule has 118 valence electrons. The van der Waals surface area contributed by atoms with Crippen LogP contribution in [-0.4, -0.2) is 42.8 Å². The molecule has 2 heterocycles. The van der Waals surface area contributed by atoms with Gasteiger partial charge < -0.3 is 15.0 Å². The fraction of sp³-hybridized carbons (Fsp3) is 0.417. The first-order valence-electron chi connectivity index (χ1n) is 6.51. The van der Waals surface area contributed by atoms with E-state index in [-0.39, 0.29) is 16.0 Å². The van der Waals surface area contributed by atoms with Crippen molar-refractivity contribution in [3.05, 3.63) is 37.7 Å². The maximum atomic E-state index is 12.4. The Balaban J connectivity index is 2.19. The van der Waals surface area contributed by atoms with Crippen molar-refractivity contribution >= 4 is 27.7 Å². The van der Waals surface area contributed by atoms with Crippen molar-refractivity contribution in [1.29, 1.82) is 0 Å². The standard InChI is InChI=1S/C12H15BrN6O3/c1-4-18-7(2)8(5-14-18)6-17(3)12(20)10-9(13)11(16-15-10)19(21)22/h5H,4,6H2,1-3H3,(H,15,16). The minimum atomic E-state index is -0.636. The lowest BCUT2D eigenvalue weighted by Crippen LogP contribution is -2.27. The van der Waals surface area contributed by atoms with Gasteiger partial charge in [-0.05, 0) is 34.7 Å². The van der Waals surface area contributed by atoms with Gasteiger partial charge in [-0.1, -0.05) is 5.10 Å². The van der Waals surface area contributed by atoms with Crippen molar-refractivity contribution in [2.75, 3.05) is 7.05 Å². The molecule has 1 amide bonds. The summed E-state index contributed by atoms with van der Waals surface area (Å²) in [6.07, 6.45) is 1.71. The van der Waals surface area contributed by atoms with Crippen LogP contribution in [0.1, 0.15) is 28.7 Å². The third-order valence-corrected chi connectivity index (χ3v) is 4.08. The molecule has 9 nitrogen and oxygen atoms in total. The van der Waals surface area contributed by atoms with Crippen LogP contribution in [0, 0.1) is 17.0 Å². The molecule has 0 saturated heterocycles. The maximum absolute atomic E-state index is 12.4. The summed E-state index contributed by atoms with van der Waals surface area (Å²) >= 11 is 3.04. The van der Waals surface area contributed by atoms with Crippen LogP contribution in [0.25, 0.3) is 0 Å². The van der Waals surface area contributed by atoms with Crippen LogP contribution in [0.15, 0.2) is 10.7 Å². The highest BCUT2D eigenvalue weighted by Gasteiger charge is 2.27. The van der Waals surface area contributed by atoms with E-state index in [0.717, 1.165) is 17.8 Å². The molecule has 1 N–H and O–H groups in total. The SMILES string of the molecule is CCn1ncc(CN(C)C(=O)c2n[nH]c([N+](=O)[O-])c2Br)c1C. The van der Waals surface area contributed by atoms with Gasteiger partial charge in [0.25, 0.3) is 5.91 Å². The van der Waals surface area contributed by atoms with Crippen LogP contribution < -0.4 is 0 Å². The molecule has 0 aliphatic rings. The van der Waals surface area contributed by atoms with Crippen molar-refractivity contribution in [3.63, 3.8) is 0 Å². The number of nitrogens with zero attached hydrogens (tertiary/aromatic N) is 5. The number of nitrogens with one attached hydrogen (secondary N) is 1. The van der Waals surface area contributed by atoms with Crippen LogP contribution in [0.2, 0.25) is 0 Å². The zero-order valence-electron chi connectivity index (χ0n) is 12.3. The second kappa shape index (κ2) is 6.26. The highest BCUT2D eigenvalue weighted by Crippen LogP contribution is 2.26. The van der Waals surface area contributed by atoms with Crippen LogP contribution in [0.4, 0.5) is 5.82 Å². The first-order valence-corrected chi connectivity index (χ1v) is 7.31. The Morgan fingerprint density at radius 2 is 2.27 bits per heavy atom. The number of hydrogen-bond acceptors (Lipinski definition) is 5. The van der Waals surface area contributed by atoms with E-state index in [0.29, 0.717) is 6.54 Å². The Morgan fingerprint density at radius 3 is 2.77 bits per heavy atom. The molecule has 22 heavy (non-hydrogen) atoms.